The molecule has 62 valence electrons. The highest BCUT2D eigenvalue weighted by atomic mass is 16.9. The van der Waals surface area contributed by atoms with Crippen molar-refractivity contribution in [3.8, 4) is 0 Å². The van der Waals surface area contributed by atoms with Crippen molar-refractivity contribution in [3.05, 3.63) is 0 Å². The number of hydrogen-bond donors (Lipinski definition) is 0. The summed E-state index contributed by atoms with van der Waals surface area (Å²) in [5.41, 5.74) is 0. The van der Waals surface area contributed by atoms with Crippen molar-refractivity contribution in [2.45, 2.75) is 27.2 Å². The summed E-state index contributed by atoms with van der Waals surface area (Å²) < 4.78 is 0. The van der Waals surface area contributed by atoms with Gasteiger partial charge in [-0.05, 0) is 20.3 Å². The highest BCUT2D eigenvalue weighted by Gasteiger charge is 1.99. The SMILES string of the molecule is CCCN(OCC)OCC. The first-order chi connectivity index (χ1) is 4.85. The van der Waals surface area contributed by atoms with Gasteiger partial charge in [0.05, 0.1) is 19.8 Å². The predicted molar refractivity (Wildman–Crippen MR) is 40.2 cm³/mol. The molecule has 3 heteroatoms. The Hall–Kier alpha value is -0.120. The second kappa shape index (κ2) is 6.99. The van der Waals surface area contributed by atoms with Gasteiger partial charge in [-0.15, -0.1) is 0 Å². The van der Waals surface area contributed by atoms with E-state index in [2.05, 4.69) is 6.92 Å². The lowest BCUT2D eigenvalue weighted by molar-refractivity contribution is -0.364. The van der Waals surface area contributed by atoms with Crippen LogP contribution in [0.1, 0.15) is 27.2 Å². The quantitative estimate of drug-likeness (QED) is 0.533. The first-order valence-corrected chi connectivity index (χ1v) is 3.88. The molecule has 0 heterocycles. The lowest BCUT2D eigenvalue weighted by Crippen LogP contribution is -2.25. The lowest BCUT2D eigenvalue weighted by Gasteiger charge is -2.17. The van der Waals surface area contributed by atoms with Crippen LogP contribution in [-0.2, 0) is 9.68 Å². The molecule has 0 aromatic rings. The zero-order chi connectivity index (χ0) is 7.82. The fourth-order valence-electron chi connectivity index (χ4n) is 0.637. The van der Waals surface area contributed by atoms with Crippen LogP contribution in [0.2, 0.25) is 0 Å². The molecule has 3 nitrogen and oxygen atoms in total. The molecule has 0 amide bonds. The van der Waals surface area contributed by atoms with E-state index in [1.165, 1.54) is 0 Å². The van der Waals surface area contributed by atoms with E-state index in [4.69, 9.17) is 9.68 Å². The van der Waals surface area contributed by atoms with Gasteiger partial charge in [-0.1, -0.05) is 12.2 Å². The Kier molecular flexibility index (Phi) is 6.91. The minimum atomic E-state index is 0.667. The van der Waals surface area contributed by atoms with Crippen molar-refractivity contribution in [1.82, 2.24) is 5.23 Å². The summed E-state index contributed by atoms with van der Waals surface area (Å²) in [4.78, 5) is 10.3. The van der Waals surface area contributed by atoms with Gasteiger partial charge in [0.1, 0.15) is 0 Å². The van der Waals surface area contributed by atoms with Crippen LogP contribution in [0.3, 0.4) is 0 Å². The fourth-order valence-corrected chi connectivity index (χ4v) is 0.637. The molecular formula is C7H17NO2. The maximum absolute atomic E-state index is 5.13. The van der Waals surface area contributed by atoms with Crippen LogP contribution in [0.25, 0.3) is 0 Å². The molecular weight excluding hydrogens is 130 g/mol. The van der Waals surface area contributed by atoms with E-state index >= 15 is 0 Å². The summed E-state index contributed by atoms with van der Waals surface area (Å²) >= 11 is 0. The summed E-state index contributed by atoms with van der Waals surface area (Å²) in [6.07, 6.45) is 1.04. The molecule has 0 aliphatic carbocycles. The van der Waals surface area contributed by atoms with Gasteiger partial charge >= 0.3 is 0 Å². The summed E-state index contributed by atoms with van der Waals surface area (Å²) in [6, 6.07) is 0. The third-order valence-electron chi connectivity index (χ3n) is 0.952. The van der Waals surface area contributed by atoms with Crippen LogP contribution in [0.4, 0.5) is 0 Å². The second-order valence-corrected chi connectivity index (χ2v) is 1.89. The lowest BCUT2D eigenvalue weighted by atomic mass is 10.5. The third-order valence-corrected chi connectivity index (χ3v) is 0.952. The molecule has 0 bridgehead atoms. The largest absolute Gasteiger partial charge is 0.274 e. The van der Waals surface area contributed by atoms with Crippen LogP contribution in [0.15, 0.2) is 0 Å². The van der Waals surface area contributed by atoms with Gasteiger partial charge in [-0.25, -0.2) is 0 Å². The second-order valence-electron chi connectivity index (χ2n) is 1.89. The standard InChI is InChI=1S/C7H17NO2/c1-4-7-8(9-5-2)10-6-3/h4-7H2,1-3H3. The summed E-state index contributed by atoms with van der Waals surface area (Å²) in [5, 5.41) is 1.54. The smallest absolute Gasteiger partial charge is 0.0683 e. The monoisotopic (exact) mass is 147 g/mol. The predicted octanol–water partition coefficient (Wildman–Crippen LogP) is 1.60. The van der Waals surface area contributed by atoms with Gasteiger partial charge in [0.2, 0.25) is 0 Å². The van der Waals surface area contributed by atoms with Crippen molar-refractivity contribution in [2.75, 3.05) is 19.8 Å². The van der Waals surface area contributed by atoms with Crippen molar-refractivity contribution in [2.24, 2.45) is 0 Å². The molecule has 0 rings (SSSR count). The Bertz CT molecular complexity index is 54.4. The topological polar surface area (TPSA) is 21.7 Å². The maximum atomic E-state index is 5.13. The van der Waals surface area contributed by atoms with E-state index in [-0.39, 0.29) is 0 Å². The van der Waals surface area contributed by atoms with Gasteiger partial charge in [-0.2, -0.15) is 0 Å². The summed E-state index contributed by atoms with van der Waals surface area (Å²) in [5.74, 6) is 0. The Labute approximate surface area is 62.8 Å². The Morgan fingerprint density at radius 2 is 1.50 bits per heavy atom. The van der Waals surface area contributed by atoms with Gasteiger partial charge in [-0.3, -0.25) is 9.68 Å². The summed E-state index contributed by atoms with van der Waals surface area (Å²) in [6.45, 7) is 8.15. The van der Waals surface area contributed by atoms with Crippen molar-refractivity contribution in [1.29, 1.82) is 0 Å². The molecule has 0 unspecified atom stereocenters. The maximum Gasteiger partial charge on any atom is 0.0683 e. The number of hydrogen-bond acceptors (Lipinski definition) is 3. The van der Waals surface area contributed by atoms with Crippen LogP contribution < -0.4 is 0 Å². The van der Waals surface area contributed by atoms with Gasteiger partial charge < -0.3 is 0 Å². The van der Waals surface area contributed by atoms with Gasteiger partial charge in [0.25, 0.3) is 0 Å². The Balaban J connectivity index is 3.30. The molecule has 0 saturated carbocycles. The van der Waals surface area contributed by atoms with E-state index in [1.807, 2.05) is 13.8 Å². The Morgan fingerprint density at radius 1 is 1.00 bits per heavy atom. The zero-order valence-electron chi connectivity index (χ0n) is 7.09. The average molecular weight is 147 g/mol. The molecule has 0 atom stereocenters. The van der Waals surface area contributed by atoms with Gasteiger partial charge in [0.15, 0.2) is 0 Å². The first-order valence-electron chi connectivity index (χ1n) is 3.88. The fraction of sp³-hybridized carbons (Fsp3) is 1.00. The van der Waals surface area contributed by atoms with Crippen molar-refractivity contribution in [3.63, 3.8) is 0 Å². The minimum absolute atomic E-state index is 0.667. The third kappa shape index (κ3) is 4.73. The Morgan fingerprint density at radius 3 is 1.80 bits per heavy atom. The minimum Gasteiger partial charge on any atom is -0.274 e. The van der Waals surface area contributed by atoms with Crippen molar-refractivity contribution >= 4 is 0 Å². The van der Waals surface area contributed by atoms with Crippen LogP contribution >= 0.6 is 0 Å². The van der Waals surface area contributed by atoms with E-state index in [0.717, 1.165) is 13.0 Å². The molecule has 0 fully saturated rings. The number of rotatable bonds is 6. The molecule has 0 aliphatic rings. The molecule has 10 heavy (non-hydrogen) atoms. The van der Waals surface area contributed by atoms with Crippen LogP contribution in [0.5, 0.6) is 0 Å². The molecule has 0 aromatic heterocycles. The van der Waals surface area contributed by atoms with E-state index in [1.54, 1.807) is 5.23 Å². The molecule has 0 radical (unpaired) electrons. The molecule has 0 aromatic carbocycles. The number of nitrogens with zero attached hydrogens (tertiary/aromatic N) is 1. The zero-order valence-corrected chi connectivity index (χ0v) is 7.09. The van der Waals surface area contributed by atoms with Crippen LogP contribution in [0, 0.1) is 0 Å². The van der Waals surface area contributed by atoms with Crippen molar-refractivity contribution < 1.29 is 9.68 Å². The first kappa shape index (κ1) is 9.88. The normalized spacial score (nSPS) is 10.8. The number of hydroxylamine groups is 2. The van der Waals surface area contributed by atoms with Gasteiger partial charge in [0, 0.05) is 0 Å². The van der Waals surface area contributed by atoms with E-state index < -0.39 is 0 Å². The highest BCUT2D eigenvalue weighted by molar-refractivity contribution is 4.27. The average Bonchev–Trinajstić information content (AvgIpc) is 1.90. The molecule has 0 aliphatic heterocycles. The van der Waals surface area contributed by atoms with E-state index in [0.29, 0.717) is 13.2 Å². The molecule has 0 spiro atoms. The molecule has 0 saturated heterocycles. The van der Waals surface area contributed by atoms with Crippen LogP contribution in [-0.4, -0.2) is 25.0 Å². The highest BCUT2D eigenvalue weighted by Crippen LogP contribution is 1.93. The molecule has 0 N–H and O–H groups in total. The summed E-state index contributed by atoms with van der Waals surface area (Å²) in [7, 11) is 0. The van der Waals surface area contributed by atoms with E-state index in [9.17, 15) is 0 Å².